The Morgan fingerprint density at radius 1 is 0.907 bits per heavy atom. The van der Waals surface area contributed by atoms with E-state index in [2.05, 4.69) is 16.6 Å². The van der Waals surface area contributed by atoms with E-state index in [1.54, 1.807) is 0 Å². The van der Waals surface area contributed by atoms with E-state index in [0.29, 0.717) is 43.6 Å². The summed E-state index contributed by atoms with van der Waals surface area (Å²) in [4.78, 5) is 0. The first-order valence-electron chi connectivity index (χ1n) is 13.0. The summed E-state index contributed by atoms with van der Waals surface area (Å²) in [7, 11) is 2.02. The molecule has 1 aliphatic rings. The number of ether oxygens (including phenoxy) is 5. The van der Waals surface area contributed by atoms with Crippen molar-refractivity contribution in [2.75, 3.05) is 33.0 Å². The molecule has 43 heavy (non-hydrogen) atoms. The Bertz CT molecular complexity index is 1460. The van der Waals surface area contributed by atoms with Crippen LogP contribution in [0.15, 0.2) is 42.5 Å². The van der Waals surface area contributed by atoms with Crippen LogP contribution in [0.4, 0.5) is 26.3 Å². The third-order valence-electron chi connectivity index (χ3n) is 6.01. The van der Waals surface area contributed by atoms with Gasteiger partial charge in [0.1, 0.15) is 40.7 Å². The van der Waals surface area contributed by atoms with Crippen molar-refractivity contribution in [3.8, 4) is 17.6 Å². The normalized spacial score (nSPS) is 17.0. The lowest BCUT2D eigenvalue weighted by Crippen LogP contribution is -2.34. The van der Waals surface area contributed by atoms with Gasteiger partial charge in [0.15, 0.2) is 6.29 Å². The molecule has 1 saturated heterocycles. The van der Waals surface area contributed by atoms with Gasteiger partial charge >= 0.3 is 6.11 Å². The lowest BCUT2D eigenvalue weighted by atomic mass is 10.1. The maximum atomic E-state index is 14.8. The number of hydrogen-bond donors (Lipinski definition) is 0. The second-order valence-corrected chi connectivity index (χ2v) is 10.3. The van der Waals surface area contributed by atoms with Crippen LogP contribution in [0.2, 0.25) is 5.02 Å². The number of alkyl halides is 2. The Hall–Kier alpha value is -2.84. The standard InChI is InChI=1S/C30H26ClF6O5P/c1-2-7-38-8-9-39-21-15-40-29(41-16-21)19-6-5-18(22(32)12-19)4-3-17-10-23(33)27(24(34)11-17)30(36,37)42-20-13-25(35)28(31)26(43)14-20/h5-6,10-14,21,29H,2,7-9,15-16,43H2,1H3. The molecular formula is C30H26ClF6O5P. The molecule has 0 amide bonds. The first-order chi connectivity index (χ1) is 20.5. The number of rotatable bonds is 10. The quantitative estimate of drug-likeness (QED) is 0.105. The Labute approximate surface area is 251 Å². The molecule has 0 aliphatic carbocycles. The summed E-state index contributed by atoms with van der Waals surface area (Å²) >= 11 is 5.65. The van der Waals surface area contributed by atoms with Crippen molar-refractivity contribution in [3.05, 3.63) is 93.0 Å². The van der Waals surface area contributed by atoms with Crippen LogP contribution < -0.4 is 10.0 Å². The maximum absolute atomic E-state index is 14.8. The van der Waals surface area contributed by atoms with Crippen LogP contribution in [-0.4, -0.2) is 39.1 Å². The van der Waals surface area contributed by atoms with Crippen LogP contribution in [0, 0.1) is 35.1 Å². The number of benzene rings is 3. The molecule has 230 valence electrons. The van der Waals surface area contributed by atoms with Gasteiger partial charge < -0.3 is 23.7 Å². The Morgan fingerprint density at radius 3 is 2.23 bits per heavy atom. The average Bonchev–Trinajstić information content (AvgIpc) is 2.94. The minimum atomic E-state index is -4.52. The number of halogens is 7. The van der Waals surface area contributed by atoms with E-state index in [4.69, 9.17) is 30.5 Å². The van der Waals surface area contributed by atoms with Crippen molar-refractivity contribution in [1.29, 1.82) is 0 Å². The molecule has 5 nitrogen and oxygen atoms in total. The summed E-state index contributed by atoms with van der Waals surface area (Å²) in [6.45, 7) is 3.96. The fourth-order valence-corrected chi connectivity index (χ4v) is 4.39. The molecule has 0 radical (unpaired) electrons. The van der Waals surface area contributed by atoms with Gasteiger partial charge in [-0.15, -0.1) is 9.24 Å². The van der Waals surface area contributed by atoms with Crippen molar-refractivity contribution >= 4 is 26.1 Å². The fraction of sp³-hybridized carbons (Fsp3) is 0.333. The smallest absolute Gasteiger partial charge is 0.429 e. The molecule has 1 heterocycles. The largest absolute Gasteiger partial charge is 0.432 e. The molecule has 1 atom stereocenters. The highest BCUT2D eigenvalue weighted by Gasteiger charge is 2.41. The molecule has 0 aromatic heterocycles. The molecule has 4 rings (SSSR count). The van der Waals surface area contributed by atoms with Crippen molar-refractivity contribution in [2.45, 2.75) is 31.8 Å². The van der Waals surface area contributed by atoms with Gasteiger partial charge in [-0.3, -0.25) is 0 Å². The molecule has 0 N–H and O–H groups in total. The Kier molecular flexibility index (Phi) is 11.3. The van der Waals surface area contributed by atoms with Gasteiger partial charge in [0.2, 0.25) is 0 Å². The molecule has 1 fully saturated rings. The molecule has 1 aliphatic heterocycles. The zero-order valence-electron chi connectivity index (χ0n) is 22.7. The van der Waals surface area contributed by atoms with E-state index in [1.807, 2.05) is 16.2 Å². The van der Waals surface area contributed by atoms with Gasteiger partial charge in [-0.05, 0) is 42.1 Å². The molecule has 0 saturated carbocycles. The maximum Gasteiger partial charge on any atom is 0.432 e. The minimum absolute atomic E-state index is 0.000689. The fourth-order valence-electron chi connectivity index (χ4n) is 3.98. The highest BCUT2D eigenvalue weighted by atomic mass is 35.5. The summed E-state index contributed by atoms with van der Waals surface area (Å²) in [5.74, 6) is -1.09. The minimum Gasteiger partial charge on any atom is -0.429 e. The van der Waals surface area contributed by atoms with E-state index in [9.17, 15) is 26.3 Å². The summed E-state index contributed by atoms with van der Waals surface area (Å²) in [5.41, 5.74) is -1.79. The van der Waals surface area contributed by atoms with Crippen molar-refractivity contribution in [3.63, 3.8) is 0 Å². The molecular weight excluding hydrogens is 621 g/mol. The first kappa shape index (κ1) is 33.1. The topological polar surface area (TPSA) is 46.2 Å². The van der Waals surface area contributed by atoms with Crippen LogP contribution in [0.1, 0.15) is 41.9 Å². The van der Waals surface area contributed by atoms with Crippen LogP contribution in [-0.2, 0) is 25.1 Å². The van der Waals surface area contributed by atoms with Gasteiger partial charge in [-0.2, -0.15) is 8.78 Å². The van der Waals surface area contributed by atoms with Gasteiger partial charge in [0, 0.05) is 23.8 Å². The van der Waals surface area contributed by atoms with Crippen LogP contribution in [0.25, 0.3) is 0 Å². The van der Waals surface area contributed by atoms with E-state index in [-0.39, 0.29) is 40.8 Å². The third-order valence-corrected chi connectivity index (χ3v) is 7.05. The lowest BCUT2D eigenvalue weighted by Gasteiger charge is -2.29. The van der Waals surface area contributed by atoms with Gasteiger partial charge in [0.05, 0.1) is 37.0 Å². The summed E-state index contributed by atoms with van der Waals surface area (Å²) < 4.78 is 114. The summed E-state index contributed by atoms with van der Waals surface area (Å²) in [6, 6.07) is 6.61. The molecule has 3 aromatic rings. The van der Waals surface area contributed by atoms with Crippen molar-refractivity contribution in [2.24, 2.45) is 0 Å². The zero-order chi connectivity index (χ0) is 31.1. The first-order valence-corrected chi connectivity index (χ1v) is 14.0. The summed E-state index contributed by atoms with van der Waals surface area (Å²) in [5, 5.41) is -0.341. The van der Waals surface area contributed by atoms with E-state index in [0.717, 1.165) is 18.6 Å². The van der Waals surface area contributed by atoms with E-state index < -0.39 is 47.0 Å². The molecule has 0 bridgehead atoms. The average molecular weight is 647 g/mol. The molecule has 1 unspecified atom stereocenters. The van der Waals surface area contributed by atoms with Gasteiger partial charge in [-0.25, -0.2) is 17.6 Å². The molecule has 0 spiro atoms. The SMILES string of the molecule is CCCOCCOC1COC(c2ccc(C#Cc3cc(F)c(C(F)(F)Oc4cc(F)c(Cl)c(P)c4)c(F)c3)c(F)c2)OC1. The van der Waals surface area contributed by atoms with E-state index >= 15 is 0 Å². The zero-order valence-corrected chi connectivity index (χ0v) is 24.6. The predicted molar refractivity (Wildman–Crippen MR) is 150 cm³/mol. The van der Waals surface area contributed by atoms with Crippen LogP contribution >= 0.6 is 20.8 Å². The second-order valence-electron chi connectivity index (χ2n) is 9.34. The van der Waals surface area contributed by atoms with Crippen molar-refractivity contribution < 1.29 is 50.0 Å². The number of hydrogen-bond acceptors (Lipinski definition) is 5. The van der Waals surface area contributed by atoms with Crippen LogP contribution in [0.3, 0.4) is 0 Å². The third kappa shape index (κ3) is 8.63. The van der Waals surface area contributed by atoms with Crippen molar-refractivity contribution in [1.82, 2.24) is 0 Å². The van der Waals surface area contributed by atoms with Gasteiger partial charge in [0.25, 0.3) is 0 Å². The highest BCUT2D eigenvalue weighted by molar-refractivity contribution is 7.28. The second kappa shape index (κ2) is 14.8. The Morgan fingerprint density at radius 2 is 1.60 bits per heavy atom. The summed E-state index contributed by atoms with van der Waals surface area (Å²) in [6.07, 6.45) is -4.73. The Balaban J connectivity index is 1.41. The molecule has 13 heteroatoms. The van der Waals surface area contributed by atoms with Crippen LogP contribution in [0.5, 0.6) is 5.75 Å². The lowest BCUT2D eigenvalue weighted by molar-refractivity contribution is -0.232. The van der Waals surface area contributed by atoms with Gasteiger partial charge in [-0.1, -0.05) is 36.4 Å². The molecule has 3 aromatic carbocycles. The predicted octanol–water partition coefficient (Wildman–Crippen LogP) is 6.78. The van der Waals surface area contributed by atoms with E-state index in [1.165, 1.54) is 12.1 Å². The highest BCUT2D eigenvalue weighted by Crippen LogP contribution is 2.36. The monoisotopic (exact) mass is 646 g/mol.